The fraction of sp³-hybridized carbons (Fsp3) is 0.500. The lowest BCUT2D eigenvalue weighted by Gasteiger charge is -2.34. The van der Waals surface area contributed by atoms with Crippen LogP contribution in [0.5, 0.6) is 0 Å². The van der Waals surface area contributed by atoms with Crippen molar-refractivity contribution in [3.63, 3.8) is 0 Å². The van der Waals surface area contributed by atoms with Gasteiger partial charge in [0.15, 0.2) is 0 Å². The standard InChI is InChI=1S/C20H27N/c1-3-5-12-20(13-6-4-2)14-11-19-17(15-20)16-9-7-8-10-18(16)21-19/h7-11,14,21H,3-6,12-13,15H2,1-2H3. The Balaban J connectivity index is 1.95. The minimum atomic E-state index is 0.393. The van der Waals surface area contributed by atoms with Gasteiger partial charge in [-0.1, -0.05) is 63.8 Å². The Hall–Kier alpha value is -1.50. The average molecular weight is 281 g/mol. The molecule has 0 fully saturated rings. The Labute approximate surface area is 128 Å². The zero-order valence-corrected chi connectivity index (χ0v) is 13.4. The molecule has 1 aliphatic rings. The summed E-state index contributed by atoms with van der Waals surface area (Å²) in [7, 11) is 0. The van der Waals surface area contributed by atoms with Crippen molar-refractivity contribution in [1.82, 2.24) is 4.98 Å². The molecule has 0 bridgehead atoms. The quantitative estimate of drug-likeness (QED) is 0.658. The maximum Gasteiger partial charge on any atom is 0.0461 e. The van der Waals surface area contributed by atoms with Crippen LogP contribution in [0.2, 0.25) is 0 Å². The van der Waals surface area contributed by atoms with Gasteiger partial charge in [0.1, 0.15) is 0 Å². The van der Waals surface area contributed by atoms with E-state index in [1.807, 2.05) is 0 Å². The largest absolute Gasteiger partial charge is 0.355 e. The number of hydrogen-bond donors (Lipinski definition) is 1. The van der Waals surface area contributed by atoms with Crippen molar-refractivity contribution in [3.05, 3.63) is 41.6 Å². The van der Waals surface area contributed by atoms with E-state index in [9.17, 15) is 0 Å². The minimum absolute atomic E-state index is 0.393. The predicted molar refractivity (Wildman–Crippen MR) is 92.5 cm³/mol. The first-order valence-electron chi connectivity index (χ1n) is 8.57. The Morgan fingerprint density at radius 2 is 1.76 bits per heavy atom. The molecule has 0 saturated carbocycles. The van der Waals surface area contributed by atoms with Gasteiger partial charge in [0.25, 0.3) is 0 Å². The van der Waals surface area contributed by atoms with Crippen molar-refractivity contribution in [3.8, 4) is 0 Å². The number of aromatic amines is 1. The van der Waals surface area contributed by atoms with E-state index >= 15 is 0 Å². The first-order chi connectivity index (χ1) is 10.3. The third-order valence-electron chi connectivity index (χ3n) is 5.04. The van der Waals surface area contributed by atoms with Crippen molar-refractivity contribution in [2.24, 2.45) is 5.41 Å². The average Bonchev–Trinajstić information content (AvgIpc) is 2.89. The summed E-state index contributed by atoms with van der Waals surface area (Å²) in [4.78, 5) is 3.58. The van der Waals surface area contributed by atoms with Crippen molar-refractivity contribution in [2.45, 2.75) is 58.8 Å². The predicted octanol–water partition coefficient (Wildman–Crippen LogP) is 6.10. The molecule has 1 N–H and O–H groups in total. The highest BCUT2D eigenvalue weighted by atomic mass is 14.7. The van der Waals surface area contributed by atoms with Gasteiger partial charge in [0, 0.05) is 16.6 Å². The number of aromatic nitrogens is 1. The minimum Gasteiger partial charge on any atom is -0.355 e. The Morgan fingerprint density at radius 1 is 1.05 bits per heavy atom. The van der Waals surface area contributed by atoms with Crippen LogP contribution in [-0.4, -0.2) is 4.98 Å². The summed E-state index contributed by atoms with van der Waals surface area (Å²) in [5.74, 6) is 0. The van der Waals surface area contributed by atoms with E-state index < -0.39 is 0 Å². The topological polar surface area (TPSA) is 15.8 Å². The van der Waals surface area contributed by atoms with Crippen molar-refractivity contribution < 1.29 is 0 Å². The number of unbranched alkanes of at least 4 members (excludes halogenated alkanes) is 2. The van der Waals surface area contributed by atoms with Gasteiger partial charge in [0.05, 0.1) is 0 Å². The molecular formula is C20H27N. The van der Waals surface area contributed by atoms with E-state index in [1.54, 1.807) is 5.56 Å². The Bertz CT molecular complexity index is 624. The van der Waals surface area contributed by atoms with Crippen LogP contribution in [0.3, 0.4) is 0 Å². The summed E-state index contributed by atoms with van der Waals surface area (Å²) in [6.45, 7) is 4.61. The van der Waals surface area contributed by atoms with Gasteiger partial charge in [-0.05, 0) is 42.4 Å². The molecule has 1 aromatic carbocycles. The number of benzene rings is 1. The van der Waals surface area contributed by atoms with Crippen LogP contribution < -0.4 is 0 Å². The lowest BCUT2D eigenvalue weighted by atomic mass is 9.71. The van der Waals surface area contributed by atoms with Crippen LogP contribution in [0.25, 0.3) is 17.0 Å². The van der Waals surface area contributed by atoms with E-state index in [0.717, 1.165) is 0 Å². The van der Waals surface area contributed by atoms with Gasteiger partial charge in [-0.3, -0.25) is 0 Å². The highest BCUT2D eigenvalue weighted by Crippen LogP contribution is 2.43. The van der Waals surface area contributed by atoms with E-state index in [4.69, 9.17) is 0 Å². The van der Waals surface area contributed by atoms with Gasteiger partial charge < -0.3 is 4.98 Å². The molecule has 0 amide bonds. The number of nitrogens with one attached hydrogen (secondary N) is 1. The molecular weight excluding hydrogens is 254 g/mol. The summed E-state index contributed by atoms with van der Waals surface area (Å²) in [5.41, 5.74) is 4.55. The molecule has 0 radical (unpaired) electrons. The maximum absolute atomic E-state index is 3.58. The van der Waals surface area contributed by atoms with Crippen LogP contribution in [-0.2, 0) is 6.42 Å². The van der Waals surface area contributed by atoms with Crippen molar-refractivity contribution >= 4 is 17.0 Å². The second kappa shape index (κ2) is 6.09. The summed E-state index contributed by atoms with van der Waals surface area (Å²) in [6, 6.07) is 8.75. The third-order valence-corrected chi connectivity index (χ3v) is 5.04. The molecule has 112 valence electrons. The summed E-state index contributed by atoms with van der Waals surface area (Å²) >= 11 is 0. The zero-order valence-electron chi connectivity index (χ0n) is 13.4. The fourth-order valence-electron chi connectivity index (χ4n) is 3.75. The van der Waals surface area contributed by atoms with Crippen LogP contribution in [0, 0.1) is 5.41 Å². The zero-order chi connectivity index (χ0) is 14.7. The lowest BCUT2D eigenvalue weighted by Crippen LogP contribution is -2.24. The van der Waals surface area contributed by atoms with E-state index in [-0.39, 0.29) is 0 Å². The molecule has 1 nitrogen and oxygen atoms in total. The number of para-hydroxylation sites is 1. The van der Waals surface area contributed by atoms with Crippen LogP contribution >= 0.6 is 0 Å². The van der Waals surface area contributed by atoms with E-state index in [1.165, 1.54) is 61.5 Å². The summed E-state index contributed by atoms with van der Waals surface area (Å²) in [6.07, 6.45) is 14.0. The highest BCUT2D eigenvalue weighted by molar-refractivity contribution is 5.88. The van der Waals surface area contributed by atoms with Gasteiger partial charge in [0.2, 0.25) is 0 Å². The summed E-state index contributed by atoms with van der Waals surface area (Å²) < 4.78 is 0. The lowest BCUT2D eigenvalue weighted by molar-refractivity contribution is 0.300. The van der Waals surface area contributed by atoms with Gasteiger partial charge in [-0.25, -0.2) is 0 Å². The van der Waals surface area contributed by atoms with E-state index in [0.29, 0.717) is 5.41 Å². The van der Waals surface area contributed by atoms with Gasteiger partial charge in [-0.15, -0.1) is 0 Å². The number of rotatable bonds is 6. The fourth-order valence-corrected chi connectivity index (χ4v) is 3.75. The molecule has 0 unspecified atom stereocenters. The number of hydrogen-bond acceptors (Lipinski definition) is 0. The van der Waals surface area contributed by atoms with Crippen molar-refractivity contribution in [1.29, 1.82) is 0 Å². The molecule has 0 saturated heterocycles. The molecule has 0 spiro atoms. The Morgan fingerprint density at radius 3 is 2.48 bits per heavy atom. The summed E-state index contributed by atoms with van der Waals surface area (Å²) in [5, 5.41) is 1.43. The molecule has 1 aliphatic carbocycles. The monoisotopic (exact) mass is 281 g/mol. The van der Waals surface area contributed by atoms with Crippen LogP contribution in [0.15, 0.2) is 30.3 Å². The number of allylic oxidation sites excluding steroid dienone is 1. The molecule has 1 aromatic heterocycles. The SMILES string of the molecule is CCCCC1(CCCC)C=Cc2[nH]c3ccccc3c2C1. The third kappa shape index (κ3) is 2.79. The smallest absolute Gasteiger partial charge is 0.0461 e. The van der Waals surface area contributed by atoms with Crippen LogP contribution in [0.4, 0.5) is 0 Å². The molecule has 0 aliphatic heterocycles. The first-order valence-corrected chi connectivity index (χ1v) is 8.57. The molecule has 0 atom stereocenters. The normalized spacial score (nSPS) is 16.3. The second-order valence-corrected chi connectivity index (χ2v) is 6.64. The van der Waals surface area contributed by atoms with Crippen molar-refractivity contribution in [2.75, 3.05) is 0 Å². The number of fused-ring (bicyclic) bond motifs is 3. The molecule has 3 rings (SSSR count). The molecule has 1 heterocycles. The highest BCUT2D eigenvalue weighted by Gasteiger charge is 2.31. The molecule has 2 aromatic rings. The molecule has 21 heavy (non-hydrogen) atoms. The number of H-pyrrole nitrogens is 1. The second-order valence-electron chi connectivity index (χ2n) is 6.64. The maximum atomic E-state index is 3.58. The van der Waals surface area contributed by atoms with Gasteiger partial charge in [-0.2, -0.15) is 0 Å². The first kappa shape index (κ1) is 14.4. The van der Waals surface area contributed by atoms with Gasteiger partial charge >= 0.3 is 0 Å². The van der Waals surface area contributed by atoms with Crippen LogP contribution in [0.1, 0.15) is 63.6 Å². The molecule has 1 heteroatoms. The Kier molecular flexibility index (Phi) is 4.19. The van der Waals surface area contributed by atoms with E-state index in [2.05, 4.69) is 55.2 Å².